The predicted octanol–water partition coefficient (Wildman–Crippen LogP) is 3.35. The maximum absolute atomic E-state index is 4.67. The Morgan fingerprint density at radius 1 is 1.19 bits per heavy atom. The molecule has 0 N–H and O–H groups in total. The molecule has 0 aliphatic carbocycles. The van der Waals surface area contributed by atoms with Gasteiger partial charge >= 0.3 is 0 Å². The lowest BCUT2D eigenvalue weighted by molar-refractivity contribution is 0.865. The first-order valence-electron chi connectivity index (χ1n) is 6.57. The van der Waals surface area contributed by atoms with Crippen molar-refractivity contribution in [1.29, 1.82) is 0 Å². The van der Waals surface area contributed by atoms with Crippen molar-refractivity contribution in [1.82, 2.24) is 19.6 Å². The van der Waals surface area contributed by atoms with Crippen molar-refractivity contribution in [2.45, 2.75) is 13.5 Å². The Morgan fingerprint density at radius 2 is 2.05 bits per heavy atom. The molecule has 0 bridgehead atoms. The van der Waals surface area contributed by atoms with Crippen molar-refractivity contribution >= 4 is 43.0 Å². The summed E-state index contributed by atoms with van der Waals surface area (Å²) in [5, 5.41) is 6.61. The topological polar surface area (TPSA) is 46.3 Å². The van der Waals surface area contributed by atoms with Crippen LogP contribution in [0.15, 0.2) is 30.5 Å². The van der Waals surface area contributed by atoms with E-state index in [1.807, 2.05) is 36.8 Å². The van der Waals surface area contributed by atoms with Gasteiger partial charge in [-0.05, 0) is 19.1 Å². The van der Waals surface area contributed by atoms with E-state index in [9.17, 15) is 0 Å². The van der Waals surface area contributed by atoms with E-state index in [4.69, 9.17) is 0 Å². The fraction of sp³-hybridized carbons (Fsp3) is 0.214. The van der Waals surface area contributed by atoms with Gasteiger partial charge in [0.2, 0.25) is 10.1 Å². The number of anilines is 1. The summed E-state index contributed by atoms with van der Waals surface area (Å²) in [6.45, 7) is 2.74. The second-order valence-corrected chi connectivity index (χ2v) is 6.98. The van der Waals surface area contributed by atoms with Crippen LogP contribution in [0.2, 0.25) is 0 Å². The van der Waals surface area contributed by atoms with Gasteiger partial charge in [0.15, 0.2) is 0 Å². The summed E-state index contributed by atoms with van der Waals surface area (Å²) in [6.07, 6.45) is 1.95. The molecule has 0 aliphatic rings. The third-order valence-corrected chi connectivity index (χ3v) is 5.25. The number of imidazole rings is 1. The van der Waals surface area contributed by atoms with E-state index in [0.717, 1.165) is 32.9 Å². The summed E-state index contributed by atoms with van der Waals surface area (Å²) < 4.78 is 3.06. The molecule has 1 aromatic carbocycles. The van der Waals surface area contributed by atoms with Gasteiger partial charge in [0.1, 0.15) is 5.01 Å². The minimum atomic E-state index is 0.759. The molecular formula is C14H13N5S2. The van der Waals surface area contributed by atoms with Crippen molar-refractivity contribution in [3.63, 3.8) is 0 Å². The monoisotopic (exact) mass is 315 g/mol. The number of fused-ring (bicyclic) bond motifs is 2. The maximum Gasteiger partial charge on any atom is 0.214 e. The molecule has 106 valence electrons. The van der Waals surface area contributed by atoms with E-state index in [0.29, 0.717) is 0 Å². The Morgan fingerprint density at radius 3 is 2.86 bits per heavy atom. The SMILES string of the molecule is Cc1cn2nc(N(C)Cc3nc4ccccc4s3)sc2n1. The summed E-state index contributed by atoms with van der Waals surface area (Å²) in [5.74, 6) is 0. The zero-order valence-corrected chi connectivity index (χ0v) is 13.3. The second kappa shape index (κ2) is 4.78. The largest absolute Gasteiger partial charge is 0.343 e. The molecule has 3 aromatic heterocycles. The molecule has 0 unspecified atom stereocenters. The predicted molar refractivity (Wildman–Crippen MR) is 87.3 cm³/mol. The van der Waals surface area contributed by atoms with Crippen molar-refractivity contribution in [2.75, 3.05) is 11.9 Å². The summed E-state index contributed by atoms with van der Waals surface area (Å²) in [5.41, 5.74) is 2.06. The Bertz CT molecular complexity index is 855. The molecule has 21 heavy (non-hydrogen) atoms. The van der Waals surface area contributed by atoms with Crippen molar-refractivity contribution in [2.24, 2.45) is 0 Å². The summed E-state index contributed by atoms with van der Waals surface area (Å²) in [6, 6.07) is 8.23. The Balaban J connectivity index is 1.61. The van der Waals surface area contributed by atoms with Gasteiger partial charge in [0.25, 0.3) is 0 Å². The first-order valence-corrected chi connectivity index (χ1v) is 8.21. The molecule has 4 rings (SSSR count). The van der Waals surface area contributed by atoms with Gasteiger partial charge in [-0.25, -0.2) is 14.5 Å². The highest BCUT2D eigenvalue weighted by Gasteiger charge is 2.12. The normalized spacial score (nSPS) is 11.5. The third kappa shape index (κ3) is 2.28. The Kier molecular flexibility index (Phi) is 2.90. The number of nitrogens with zero attached hydrogens (tertiary/aromatic N) is 5. The molecule has 0 aliphatic heterocycles. The van der Waals surface area contributed by atoms with Crippen LogP contribution in [0.3, 0.4) is 0 Å². The number of aryl methyl sites for hydroxylation is 1. The zero-order valence-electron chi connectivity index (χ0n) is 11.6. The van der Waals surface area contributed by atoms with E-state index in [1.54, 1.807) is 22.7 Å². The van der Waals surface area contributed by atoms with Gasteiger partial charge < -0.3 is 4.90 Å². The molecule has 0 radical (unpaired) electrons. The fourth-order valence-corrected chi connectivity index (χ4v) is 4.12. The number of hydrogen-bond donors (Lipinski definition) is 0. The van der Waals surface area contributed by atoms with Crippen molar-refractivity contribution in [3.05, 3.63) is 41.2 Å². The van der Waals surface area contributed by atoms with Crippen LogP contribution >= 0.6 is 22.7 Å². The van der Waals surface area contributed by atoms with E-state index >= 15 is 0 Å². The Labute approximate surface area is 129 Å². The van der Waals surface area contributed by atoms with Crippen LogP contribution < -0.4 is 4.90 Å². The van der Waals surface area contributed by atoms with Crippen LogP contribution in [0.25, 0.3) is 15.2 Å². The second-order valence-electron chi connectivity index (χ2n) is 4.93. The van der Waals surface area contributed by atoms with E-state index in [2.05, 4.69) is 32.1 Å². The molecule has 0 fully saturated rings. The molecular weight excluding hydrogens is 302 g/mol. The quantitative estimate of drug-likeness (QED) is 0.582. The minimum Gasteiger partial charge on any atom is -0.343 e. The number of hydrogen-bond acceptors (Lipinski definition) is 6. The highest BCUT2D eigenvalue weighted by Crippen LogP contribution is 2.26. The first kappa shape index (κ1) is 12.7. The molecule has 7 heteroatoms. The lowest BCUT2D eigenvalue weighted by atomic mass is 10.3. The molecule has 0 spiro atoms. The van der Waals surface area contributed by atoms with Gasteiger partial charge in [-0.1, -0.05) is 23.5 Å². The van der Waals surface area contributed by atoms with Gasteiger partial charge in [-0.15, -0.1) is 16.4 Å². The molecule has 0 saturated heterocycles. The maximum atomic E-state index is 4.67. The number of rotatable bonds is 3. The molecule has 3 heterocycles. The summed E-state index contributed by atoms with van der Waals surface area (Å²) in [7, 11) is 2.04. The number of aromatic nitrogens is 4. The Hall–Kier alpha value is -1.99. The van der Waals surface area contributed by atoms with E-state index in [-0.39, 0.29) is 0 Å². The van der Waals surface area contributed by atoms with Crippen LogP contribution in [0, 0.1) is 6.92 Å². The number of thiazole rings is 1. The van der Waals surface area contributed by atoms with E-state index in [1.165, 1.54) is 4.70 Å². The number of para-hydroxylation sites is 1. The van der Waals surface area contributed by atoms with Gasteiger partial charge in [-0.2, -0.15) is 0 Å². The van der Waals surface area contributed by atoms with Gasteiger partial charge in [0, 0.05) is 7.05 Å². The molecule has 0 saturated carbocycles. The average molecular weight is 315 g/mol. The van der Waals surface area contributed by atoms with Crippen LogP contribution in [0.5, 0.6) is 0 Å². The van der Waals surface area contributed by atoms with Crippen LogP contribution in [-0.4, -0.2) is 26.6 Å². The van der Waals surface area contributed by atoms with Crippen molar-refractivity contribution < 1.29 is 0 Å². The summed E-state index contributed by atoms with van der Waals surface area (Å²) >= 11 is 3.33. The van der Waals surface area contributed by atoms with Gasteiger partial charge in [0.05, 0.1) is 28.7 Å². The molecule has 0 atom stereocenters. The number of benzene rings is 1. The highest BCUT2D eigenvalue weighted by molar-refractivity contribution is 7.20. The third-order valence-electron chi connectivity index (χ3n) is 3.19. The lowest BCUT2D eigenvalue weighted by Crippen LogP contribution is -2.16. The standard InChI is InChI=1S/C14H13N5S2/c1-9-7-19-13(15-9)21-14(17-19)18(2)8-12-16-10-5-3-4-6-11(10)20-12/h3-7H,8H2,1-2H3. The van der Waals surface area contributed by atoms with E-state index < -0.39 is 0 Å². The lowest BCUT2D eigenvalue weighted by Gasteiger charge is -2.12. The van der Waals surface area contributed by atoms with Crippen LogP contribution in [0.4, 0.5) is 5.13 Å². The zero-order chi connectivity index (χ0) is 14.4. The molecule has 0 amide bonds. The van der Waals surface area contributed by atoms with Gasteiger partial charge in [-0.3, -0.25) is 0 Å². The fourth-order valence-electron chi connectivity index (χ4n) is 2.21. The minimum absolute atomic E-state index is 0.759. The summed E-state index contributed by atoms with van der Waals surface area (Å²) in [4.78, 5) is 12.1. The molecule has 5 nitrogen and oxygen atoms in total. The average Bonchev–Trinajstić information content (AvgIpc) is 3.09. The first-order chi connectivity index (χ1) is 10.2. The van der Waals surface area contributed by atoms with Crippen molar-refractivity contribution in [3.8, 4) is 0 Å². The highest BCUT2D eigenvalue weighted by atomic mass is 32.1. The smallest absolute Gasteiger partial charge is 0.214 e. The molecule has 4 aromatic rings. The van der Waals surface area contributed by atoms with Crippen LogP contribution in [-0.2, 0) is 6.54 Å². The van der Waals surface area contributed by atoms with Crippen LogP contribution in [0.1, 0.15) is 10.7 Å².